The van der Waals surface area contributed by atoms with E-state index >= 15 is 4.79 Å². The number of amides is 1. The standard InChI is InChI=1S/C46H58BrNO14/c1-24-30(61-40(54)35(52)34(29-18-14-11-15-19-29)48-41(55)44(8,47)25(2)57-9)21-46(56)39(58-22-28-16-12-10-13-17-28)37-43(7,31(51)20-32-45(37,23-59-32)62-27(4)50)38(53)36(60-26(3)49)33(24)42(46,5)6/h10-19,25,30-32,34-37,39,51-52,56H,20-23H2,1-9H3,(H,48,55)/t25-,30-,31-,32?,34-,35+,36+,37-,39-,43+,44-,45-,46+/m0/s1. The molecule has 4 aliphatic rings. The van der Waals surface area contributed by atoms with Crippen LogP contribution in [0.25, 0.3) is 0 Å². The highest BCUT2D eigenvalue weighted by molar-refractivity contribution is 9.10. The molecule has 0 spiro atoms. The molecule has 2 aromatic carbocycles. The Kier molecular flexibility index (Phi) is 13.4. The summed E-state index contributed by atoms with van der Waals surface area (Å²) in [6.07, 6.45) is -10.1. The number of halogens is 1. The lowest BCUT2D eigenvalue weighted by Crippen LogP contribution is -2.81. The van der Waals surface area contributed by atoms with Crippen LogP contribution in [0.2, 0.25) is 0 Å². The molecule has 1 amide bonds. The zero-order valence-corrected chi connectivity index (χ0v) is 38.1. The van der Waals surface area contributed by atoms with Crippen molar-refractivity contribution in [2.75, 3.05) is 13.7 Å². The van der Waals surface area contributed by atoms with E-state index in [9.17, 15) is 34.5 Å². The Labute approximate surface area is 369 Å². The second-order valence-electron chi connectivity index (χ2n) is 18.0. The number of esters is 3. The van der Waals surface area contributed by atoms with Gasteiger partial charge < -0.3 is 49.1 Å². The van der Waals surface area contributed by atoms with Gasteiger partial charge in [0.15, 0.2) is 23.6 Å². The number of carbonyl (C=O) groups is 5. The number of ketones is 1. The van der Waals surface area contributed by atoms with Gasteiger partial charge in [-0.3, -0.25) is 19.2 Å². The minimum atomic E-state index is -2.16. The molecule has 1 saturated heterocycles. The quantitative estimate of drug-likeness (QED) is 0.0970. The number of ether oxygens (including phenoxy) is 6. The number of aliphatic hydroxyl groups excluding tert-OH is 2. The summed E-state index contributed by atoms with van der Waals surface area (Å²) in [4.78, 5) is 69.6. The smallest absolute Gasteiger partial charge is 0.338 e. The fourth-order valence-electron chi connectivity index (χ4n) is 10.1. The van der Waals surface area contributed by atoms with Crippen LogP contribution < -0.4 is 5.32 Å². The number of hydrogen-bond acceptors (Lipinski definition) is 14. The number of Topliss-reactive ketones (excluding diaryl/α,β-unsaturated/α-hetero) is 1. The molecule has 6 rings (SSSR count). The van der Waals surface area contributed by atoms with E-state index in [2.05, 4.69) is 21.2 Å². The number of methoxy groups -OCH3 is 1. The van der Waals surface area contributed by atoms with Gasteiger partial charge in [-0.25, -0.2) is 4.79 Å². The molecular weight excluding hydrogens is 870 g/mol. The van der Waals surface area contributed by atoms with Gasteiger partial charge in [0.05, 0.1) is 43.0 Å². The first-order chi connectivity index (χ1) is 29.0. The molecule has 2 saturated carbocycles. The maximum absolute atomic E-state index is 15.5. The van der Waals surface area contributed by atoms with Crippen LogP contribution >= 0.6 is 15.9 Å². The summed E-state index contributed by atoms with van der Waals surface area (Å²) in [6.45, 7) is 11.7. The van der Waals surface area contributed by atoms with Crippen molar-refractivity contribution >= 4 is 45.5 Å². The van der Waals surface area contributed by atoms with Crippen molar-refractivity contribution in [1.82, 2.24) is 5.32 Å². The molecule has 16 heteroatoms. The van der Waals surface area contributed by atoms with Crippen molar-refractivity contribution in [3.63, 3.8) is 0 Å². The minimum Gasteiger partial charge on any atom is -0.456 e. The van der Waals surface area contributed by atoms with Gasteiger partial charge in [0, 0.05) is 45.1 Å². The van der Waals surface area contributed by atoms with E-state index in [1.54, 1.807) is 77.1 Å². The highest BCUT2D eigenvalue weighted by Gasteiger charge is 2.77. The lowest BCUT2D eigenvalue weighted by molar-refractivity contribution is -0.351. The van der Waals surface area contributed by atoms with Crippen molar-refractivity contribution in [2.24, 2.45) is 16.7 Å². The van der Waals surface area contributed by atoms with Gasteiger partial charge in [-0.05, 0) is 50.0 Å². The number of carbonyl (C=O) groups excluding carboxylic acids is 5. The average molecular weight is 929 g/mol. The lowest BCUT2D eigenvalue weighted by atomic mass is 9.44. The van der Waals surface area contributed by atoms with Crippen molar-refractivity contribution in [3.05, 3.63) is 82.9 Å². The molecular formula is C46H58BrNO14. The second-order valence-corrected chi connectivity index (χ2v) is 19.6. The van der Waals surface area contributed by atoms with Crippen molar-refractivity contribution in [1.29, 1.82) is 0 Å². The number of aliphatic hydroxyl groups is 3. The maximum atomic E-state index is 15.5. The number of hydrogen-bond donors (Lipinski definition) is 4. The molecule has 3 fully saturated rings. The van der Waals surface area contributed by atoms with E-state index in [0.29, 0.717) is 11.1 Å². The van der Waals surface area contributed by atoms with Gasteiger partial charge >= 0.3 is 17.9 Å². The molecule has 0 radical (unpaired) electrons. The van der Waals surface area contributed by atoms with E-state index in [1.165, 1.54) is 21.0 Å². The summed E-state index contributed by atoms with van der Waals surface area (Å²) < 4.78 is 35.1. The van der Waals surface area contributed by atoms with Gasteiger partial charge in [0.25, 0.3) is 0 Å². The lowest BCUT2D eigenvalue weighted by Gasteiger charge is -2.67. The van der Waals surface area contributed by atoms with Gasteiger partial charge in [-0.15, -0.1) is 0 Å². The molecule has 1 aliphatic heterocycles. The molecule has 3 aliphatic carbocycles. The molecule has 338 valence electrons. The number of rotatable bonds is 13. The van der Waals surface area contributed by atoms with E-state index in [4.69, 9.17) is 28.4 Å². The number of fused-ring (bicyclic) bond motifs is 5. The summed E-state index contributed by atoms with van der Waals surface area (Å²) in [5.41, 5.74) is -5.76. The predicted octanol–water partition coefficient (Wildman–Crippen LogP) is 3.97. The SMILES string of the molecule is CO[C@@H](C)[C@](C)(Br)C(=O)N[C@@H](c1ccccc1)[C@@H](O)C(=O)O[C@H]1C[C@@]2(O)[C@@H](OCc3ccccc3)[C@H]3[C@](C)(C(=O)[C@H](OC(C)=O)C(=C1C)C2(C)C)[C@@H](O)CC1OC[C@]13OC(C)=O. The Morgan fingerprint density at radius 2 is 1.61 bits per heavy atom. The maximum Gasteiger partial charge on any atom is 0.338 e. The first kappa shape index (κ1) is 47.4. The number of nitrogens with one attached hydrogen (secondary N) is 1. The highest BCUT2D eigenvalue weighted by atomic mass is 79.9. The molecule has 15 nitrogen and oxygen atoms in total. The molecule has 1 heterocycles. The molecule has 1 unspecified atom stereocenters. The third kappa shape index (κ3) is 7.94. The zero-order valence-electron chi connectivity index (χ0n) is 36.5. The van der Waals surface area contributed by atoms with Gasteiger partial charge in [-0.2, -0.15) is 0 Å². The van der Waals surface area contributed by atoms with Crippen LogP contribution in [0.15, 0.2) is 71.8 Å². The van der Waals surface area contributed by atoms with Crippen molar-refractivity contribution in [2.45, 2.75) is 139 Å². The zero-order chi connectivity index (χ0) is 45.7. The van der Waals surface area contributed by atoms with Crippen LogP contribution in [-0.2, 0) is 59.0 Å². The van der Waals surface area contributed by atoms with Crippen LogP contribution in [-0.4, -0.2) is 117 Å². The first-order valence-corrected chi connectivity index (χ1v) is 21.5. The van der Waals surface area contributed by atoms with Gasteiger partial charge in [-0.1, -0.05) is 90.4 Å². The molecule has 0 aromatic heterocycles. The first-order valence-electron chi connectivity index (χ1n) is 20.7. The van der Waals surface area contributed by atoms with E-state index in [1.807, 2.05) is 18.2 Å². The number of benzene rings is 2. The summed E-state index contributed by atoms with van der Waals surface area (Å²) in [5, 5.41) is 40.4. The van der Waals surface area contributed by atoms with Crippen LogP contribution in [0.1, 0.15) is 85.4 Å². The Bertz CT molecular complexity index is 2080. The summed E-state index contributed by atoms with van der Waals surface area (Å²) in [7, 11) is 1.44. The topological polar surface area (TPSA) is 213 Å². The normalized spacial score (nSPS) is 33.7. The van der Waals surface area contributed by atoms with E-state index in [0.717, 1.165) is 6.92 Å². The molecule has 4 N–H and O–H groups in total. The highest BCUT2D eigenvalue weighted by Crippen LogP contribution is 2.64. The fraction of sp³-hybridized carbons (Fsp3) is 0.587. The van der Waals surface area contributed by atoms with Crippen LogP contribution in [0.4, 0.5) is 0 Å². The summed E-state index contributed by atoms with van der Waals surface area (Å²) >= 11 is 3.43. The number of alkyl halides is 1. The average Bonchev–Trinajstić information content (AvgIpc) is 3.22. The Morgan fingerprint density at radius 1 is 1.00 bits per heavy atom. The molecule has 2 aromatic rings. The third-order valence-electron chi connectivity index (χ3n) is 14.0. The summed E-state index contributed by atoms with van der Waals surface area (Å²) in [6, 6.07) is 16.1. The van der Waals surface area contributed by atoms with E-state index in [-0.39, 0.29) is 30.8 Å². The Morgan fingerprint density at radius 3 is 2.16 bits per heavy atom. The van der Waals surface area contributed by atoms with E-state index < -0.39 is 117 Å². The molecule has 62 heavy (non-hydrogen) atoms. The van der Waals surface area contributed by atoms with Crippen LogP contribution in [0.5, 0.6) is 0 Å². The summed E-state index contributed by atoms with van der Waals surface area (Å²) in [5.74, 6) is -5.40. The van der Waals surface area contributed by atoms with Gasteiger partial charge in [0.1, 0.15) is 22.1 Å². The minimum absolute atomic E-state index is 0.101. The second kappa shape index (κ2) is 17.5. The fourth-order valence-corrected chi connectivity index (χ4v) is 10.4. The molecule has 2 bridgehead atoms. The third-order valence-corrected chi connectivity index (χ3v) is 15.0. The van der Waals surface area contributed by atoms with Gasteiger partial charge in [0.2, 0.25) is 5.91 Å². The van der Waals surface area contributed by atoms with Crippen LogP contribution in [0, 0.1) is 16.7 Å². The Balaban J connectivity index is 1.51. The van der Waals surface area contributed by atoms with Crippen molar-refractivity contribution in [3.8, 4) is 0 Å². The largest absolute Gasteiger partial charge is 0.456 e. The predicted molar refractivity (Wildman–Crippen MR) is 225 cm³/mol. The van der Waals surface area contributed by atoms with Crippen molar-refractivity contribution < 1.29 is 67.7 Å². The molecule has 13 atom stereocenters. The monoisotopic (exact) mass is 927 g/mol. The van der Waals surface area contributed by atoms with Crippen LogP contribution in [0.3, 0.4) is 0 Å². The Hall–Kier alpha value is -4.03.